The minimum atomic E-state index is -0.0701. The minimum Gasteiger partial charge on any atom is -0.472 e. The van der Waals surface area contributed by atoms with Crippen molar-refractivity contribution in [1.29, 1.82) is 0 Å². The first kappa shape index (κ1) is 13.5. The third-order valence-electron chi connectivity index (χ3n) is 2.32. The lowest BCUT2D eigenvalue weighted by molar-refractivity contribution is 0.0642. The summed E-state index contributed by atoms with van der Waals surface area (Å²) in [4.78, 5) is 10.3. The van der Waals surface area contributed by atoms with Gasteiger partial charge in [0.1, 0.15) is 10.9 Å². The van der Waals surface area contributed by atoms with Crippen LogP contribution in [0, 0.1) is 6.92 Å². The van der Waals surface area contributed by atoms with Gasteiger partial charge in [-0.05, 0) is 38.4 Å². The second-order valence-electron chi connectivity index (χ2n) is 3.96. The van der Waals surface area contributed by atoms with Gasteiger partial charge in [0.25, 0.3) is 0 Å². The van der Waals surface area contributed by atoms with Gasteiger partial charge in [-0.15, -0.1) is 11.3 Å². The number of aryl methyl sites for hydroxylation is 1. The van der Waals surface area contributed by atoms with Crippen molar-refractivity contribution in [2.24, 2.45) is 0 Å². The van der Waals surface area contributed by atoms with Gasteiger partial charge in [-0.2, -0.15) is 4.98 Å². The molecule has 0 aromatic carbocycles. The monoisotopic (exact) mass is 286 g/mol. The summed E-state index contributed by atoms with van der Waals surface area (Å²) in [6, 6.07) is 2.01. The molecule has 0 aliphatic rings. The molecule has 0 N–H and O–H groups in total. The molecule has 6 heteroatoms. The standard InChI is InChI=1S/C12H15ClN2O2S/c1-4-16-6-7(2)17-10-9-5-8(3)18-11(9)15-12(13)14-10/h5,7H,4,6H2,1-3H3. The van der Waals surface area contributed by atoms with Gasteiger partial charge in [-0.1, -0.05) is 0 Å². The summed E-state index contributed by atoms with van der Waals surface area (Å²) in [6.45, 7) is 7.12. The summed E-state index contributed by atoms with van der Waals surface area (Å²) in [7, 11) is 0. The zero-order valence-corrected chi connectivity index (χ0v) is 12.1. The highest BCUT2D eigenvalue weighted by Gasteiger charge is 2.13. The molecule has 2 aromatic rings. The fourth-order valence-electron chi connectivity index (χ4n) is 1.59. The molecule has 4 nitrogen and oxygen atoms in total. The van der Waals surface area contributed by atoms with E-state index in [1.807, 2.05) is 26.8 Å². The molecular formula is C12H15ClN2O2S. The molecule has 2 heterocycles. The van der Waals surface area contributed by atoms with Crippen molar-refractivity contribution in [2.45, 2.75) is 26.9 Å². The number of ether oxygens (including phenoxy) is 2. The average Bonchev–Trinajstić information content (AvgIpc) is 2.67. The Morgan fingerprint density at radius 3 is 2.94 bits per heavy atom. The van der Waals surface area contributed by atoms with Crippen LogP contribution < -0.4 is 4.74 Å². The highest BCUT2D eigenvalue weighted by molar-refractivity contribution is 7.18. The molecule has 0 radical (unpaired) electrons. The lowest BCUT2D eigenvalue weighted by Gasteiger charge is -2.14. The van der Waals surface area contributed by atoms with Crippen LogP contribution in [0.3, 0.4) is 0 Å². The number of hydrogen-bond acceptors (Lipinski definition) is 5. The van der Waals surface area contributed by atoms with Crippen molar-refractivity contribution in [3.63, 3.8) is 0 Å². The molecule has 0 aliphatic heterocycles. The normalized spacial score (nSPS) is 12.9. The van der Waals surface area contributed by atoms with E-state index in [1.54, 1.807) is 11.3 Å². The minimum absolute atomic E-state index is 0.0701. The van der Waals surface area contributed by atoms with E-state index in [2.05, 4.69) is 9.97 Å². The zero-order valence-electron chi connectivity index (χ0n) is 10.6. The van der Waals surface area contributed by atoms with E-state index in [-0.39, 0.29) is 11.4 Å². The molecule has 0 aliphatic carbocycles. The van der Waals surface area contributed by atoms with Crippen molar-refractivity contribution >= 4 is 33.2 Å². The topological polar surface area (TPSA) is 44.2 Å². The van der Waals surface area contributed by atoms with Crippen molar-refractivity contribution in [1.82, 2.24) is 9.97 Å². The maximum absolute atomic E-state index is 5.89. The van der Waals surface area contributed by atoms with Crippen molar-refractivity contribution in [3.8, 4) is 5.88 Å². The Morgan fingerprint density at radius 1 is 1.44 bits per heavy atom. The largest absolute Gasteiger partial charge is 0.472 e. The van der Waals surface area contributed by atoms with Gasteiger partial charge in [0.2, 0.25) is 11.2 Å². The first-order valence-corrected chi connectivity index (χ1v) is 6.97. The first-order valence-electron chi connectivity index (χ1n) is 5.78. The highest BCUT2D eigenvalue weighted by atomic mass is 35.5. The molecular weight excluding hydrogens is 272 g/mol. The molecule has 2 rings (SSSR count). The third kappa shape index (κ3) is 3.10. The molecule has 98 valence electrons. The van der Waals surface area contributed by atoms with E-state index in [0.717, 1.165) is 15.1 Å². The van der Waals surface area contributed by atoms with Gasteiger partial charge < -0.3 is 9.47 Å². The summed E-state index contributed by atoms with van der Waals surface area (Å²) >= 11 is 7.47. The van der Waals surface area contributed by atoms with Crippen LogP contribution in [0.5, 0.6) is 5.88 Å². The van der Waals surface area contributed by atoms with Crippen LogP contribution in [-0.2, 0) is 4.74 Å². The molecule has 0 amide bonds. The maximum atomic E-state index is 5.89. The number of nitrogens with zero attached hydrogens (tertiary/aromatic N) is 2. The fraction of sp³-hybridized carbons (Fsp3) is 0.500. The van der Waals surface area contributed by atoms with Crippen molar-refractivity contribution in [3.05, 3.63) is 16.2 Å². The number of aromatic nitrogens is 2. The van der Waals surface area contributed by atoms with Gasteiger partial charge in [-0.3, -0.25) is 0 Å². The first-order chi connectivity index (χ1) is 8.60. The Bertz CT molecular complexity index is 544. The number of thiophene rings is 1. The molecule has 18 heavy (non-hydrogen) atoms. The number of halogens is 1. The van der Waals surface area contributed by atoms with E-state index in [9.17, 15) is 0 Å². The Balaban J connectivity index is 2.26. The van der Waals surface area contributed by atoms with Crippen LogP contribution in [0.25, 0.3) is 10.2 Å². The van der Waals surface area contributed by atoms with E-state index in [0.29, 0.717) is 19.1 Å². The summed E-state index contributed by atoms with van der Waals surface area (Å²) < 4.78 is 11.1. The lowest BCUT2D eigenvalue weighted by Crippen LogP contribution is -2.19. The summed E-state index contributed by atoms with van der Waals surface area (Å²) in [6.07, 6.45) is -0.0701. The van der Waals surface area contributed by atoms with Crippen LogP contribution in [0.4, 0.5) is 0 Å². The molecule has 0 saturated carbocycles. The quantitative estimate of drug-likeness (QED) is 0.790. The van der Waals surface area contributed by atoms with E-state index >= 15 is 0 Å². The maximum Gasteiger partial charge on any atom is 0.227 e. The third-order valence-corrected chi connectivity index (χ3v) is 3.44. The number of rotatable bonds is 5. The smallest absolute Gasteiger partial charge is 0.227 e. The Hall–Kier alpha value is -0.910. The molecule has 2 aromatic heterocycles. The van der Waals surface area contributed by atoms with Crippen LogP contribution in [0.1, 0.15) is 18.7 Å². The summed E-state index contributed by atoms with van der Waals surface area (Å²) in [5, 5.41) is 1.12. The van der Waals surface area contributed by atoms with Gasteiger partial charge >= 0.3 is 0 Å². The van der Waals surface area contributed by atoms with Crippen molar-refractivity contribution < 1.29 is 9.47 Å². The number of fused-ring (bicyclic) bond motifs is 1. The average molecular weight is 287 g/mol. The highest BCUT2D eigenvalue weighted by Crippen LogP contribution is 2.31. The van der Waals surface area contributed by atoms with E-state index < -0.39 is 0 Å². The SMILES string of the molecule is CCOCC(C)Oc1nc(Cl)nc2sc(C)cc12. The Morgan fingerprint density at radius 2 is 2.22 bits per heavy atom. The summed E-state index contributed by atoms with van der Waals surface area (Å²) in [5.74, 6) is 0.529. The predicted octanol–water partition coefficient (Wildman–Crippen LogP) is 3.46. The molecule has 0 bridgehead atoms. The molecule has 0 fully saturated rings. The molecule has 1 atom stereocenters. The number of hydrogen-bond donors (Lipinski definition) is 0. The molecule has 0 saturated heterocycles. The lowest BCUT2D eigenvalue weighted by atomic mass is 10.3. The summed E-state index contributed by atoms with van der Waals surface area (Å²) in [5.41, 5.74) is 0. The second-order valence-corrected chi connectivity index (χ2v) is 5.53. The Kier molecular flexibility index (Phi) is 4.37. The second kappa shape index (κ2) is 5.82. The zero-order chi connectivity index (χ0) is 13.1. The van der Waals surface area contributed by atoms with Gasteiger partial charge in [0.05, 0.1) is 12.0 Å². The van der Waals surface area contributed by atoms with Crippen LogP contribution in [0.15, 0.2) is 6.07 Å². The molecule has 0 spiro atoms. The Labute approximate surface area is 115 Å². The van der Waals surface area contributed by atoms with Crippen LogP contribution in [0.2, 0.25) is 5.28 Å². The fourth-order valence-corrected chi connectivity index (χ4v) is 2.67. The molecule has 1 unspecified atom stereocenters. The predicted molar refractivity (Wildman–Crippen MR) is 73.7 cm³/mol. The van der Waals surface area contributed by atoms with Gasteiger partial charge in [-0.25, -0.2) is 4.98 Å². The van der Waals surface area contributed by atoms with E-state index in [1.165, 1.54) is 0 Å². The van der Waals surface area contributed by atoms with Gasteiger partial charge in [0.15, 0.2) is 0 Å². The van der Waals surface area contributed by atoms with Crippen LogP contribution in [-0.4, -0.2) is 29.3 Å². The van der Waals surface area contributed by atoms with Gasteiger partial charge in [0, 0.05) is 11.5 Å². The van der Waals surface area contributed by atoms with Crippen molar-refractivity contribution in [2.75, 3.05) is 13.2 Å². The van der Waals surface area contributed by atoms with Crippen LogP contribution >= 0.6 is 22.9 Å². The van der Waals surface area contributed by atoms with E-state index in [4.69, 9.17) is 21.1 Å².